The maximum Gasteiger partial charge on any atom is 0.138 e. The van der Waals surface area contributed by atoms with Crippen LogP contribution >= 0.6 is 23.2 Å². The van der Waals surface area contributed by atoms with Gasteiger partial charge in [-0.2, -0.15) is 0 Å². The van der Waals surface area contributed by atoms with Crippen molar-refractivity contribution in [3.63, 3.8) is 0 Å². The smallest absolute Gasteiger partial charge is 0.138 e. The van der Waals surface area contributed by atoms with Crippen molar-refractivity contribution >= 4 is 23.2 Å². The zero-order valence-corrected chi connectivity index (χ0v) is 11.0. The number of aromatic nitrogens is 2. The van der Waals surface area contributed by atoms with Crippen molar-refractivity contribution < 1.29 is 9.84 Å². The van der Waals surface area contributed by atoms with Gasteiger partial charge in [-0.05, 0) is 18.2 Å². The first-order valence-corrected chi connectivity index (χ1v) is 6.12. The zero-order valence-electron chi connectivity index (χ0n) is 9.46. The third-order valence-electron chi connectivity index (χ3n) is 2.31. The molecule has 6 heteroatoms. The zero-order chi connectivity index (χ0) is 13.0. The van der Waals surface area contributed by atoms with Gasteiger partial charge in [0.2, 0.25) is 0 Å². The van der Waals surface area contributed by atoms with Crippen molar-refractivity contribution in [2.45, 2.75) is 12.6 Å². The molecule has 1 aromatic carbocycles. The minimum atomic E-state index is -0.633. The summed E-state index contributed by atoms with van der Waals surface area (Å²) in [5.74, 6) is 0.505. The average Bonchev–Trinajstić information content (AvgIpc) is 2.80. The van der Waals surface area contributed by atoms with Gasteiger partial charge < -0.3 is 14.4 Å². The van der Waals surface area contributed by atoms with E-state index in [4.69, 9.17) is 27.9 Å². The van der Waals surface area contributed by atoms with E-state index < -0.39 is 6.10 Å². The fourth-order valence-electron chi connectivity index (χ4n) is 1.47. The molecular weight excluding hydrogens is 275 g/mol. The number of aliphatic hydroxyl groups is 1. The quantitative estimate of drug-likeness (QED) is 0.919. The SMILES string of the molecule is O[C@@H](COc1ccc(Cl)cc1Cl)Cn1ccnc1. The van der Waals surface area contributed by atoms with Gasteiger partial charge in [0.05, 0.1) is 17.9 Å². The van der Waals surface area contributed by atoms with Crippen LogP contribution in [0, 0.1) is 0 Å². The van der Waals surface area contributed by atoms with E-state index in [1.807, 2.05) is 0 Å². The molecule has 0 amide bonds. The second kappa shape index (κ2) is 6.09. The molecule has 0 unspecified atom stereocenters. The maximum atomic E-state index is 9.79. The molecule has 18 heavy (non-hydrogen) atoms. The third-order valence-corrected chi connectivity index (χ3v) is 2.84. The Labute approximate surface area is 115 Å². The second-order valence-electron chi connectivity index (χ2n) is 3.80. The lowest BCUT2D eigenvalue weighted by atomic mass is 10.3. The van der Waals surface area contributed by atoms with Crippen molar-refractivity contribution in [2.75, 3.05) is 6.61 Å². The first kappa shape index (κ1) is 13.2. The van der Waals surface area contributed by atoms with Crippen molar-refractivity contribution in [3.8, 4) is 5.75 Å². The van der Waals surface area contributed by atoms with E-state index in [1.165, 1.54) is 0 Å². The predicted molar refractivity (Wildman–Crippen MR) is 70.2 cm³/mol. The molecule has 0 saturated heterocycles. The number of halogens is 2. The van der Waals surface area contributed by atoms with E-state index >= 15 is 0 Å². The van der Waals surface area contributed by atoms with Crippen molar-refractivity contribution in [1.82, 2.24) is 9.55 Å². The summed E-state index contributed by atoms with van der Waals surface area (Å²) in [6.45, 7) is 0.574. The molecule has 2 rings (SSSR count). The molecule has 0 aliphatic carbocycles. The Bertz CT molecular complexity index is 503. The number of imidazole rings is 1. The Morgan fingerprint density at radius 1 is 1.39 bits per heavy atom. The number of rotatable bonds is 5. The highest BCUT2D eigenvalue weighted by Gasteiger charge is 2.08. The molecule has 1 atom stereocenters. The molecule has 0 spiro atoms. The Kier molecular flexibility index (Phi) is 4.47. The normalized spacial score (nSPS) is 12.4. The van der Waals surface area contributed by atoms with Crippen LogP contribution in [-0.2, 0) is 6.54 Å². The Balaban J connectivity index is 1.87. The van der Waals surface area contributed by atoms with Gasteiger partial charge in [-0.1, -0.05) is 23.2 Å². The second-order valence-corrected chi connectivity index (χ2v) is 4.64. The van der Waals surface area contributed by atoms with Gasteiger partial charge in [0.15, 0.2) is 0 Å². The van der Waals surface area contributed by atoms with E-state index in [9.17, 15) is 5.11 Å². The van der Waals surface area contributed by atoms with Crippen LogP contribution in [0.15, 0.2) is 36.9 Å². The standard InChI is InChI=1S/C12H12Cl2N2O2/c13-9-1-2-12(11(14)5-9)18-7-10(17)6-16-4-3-15-8-16/h1-5,8,10,17H,6-7H2/t10-/m1/s1. The van der Waals surface area contributed by atoms with Gasteiger partial charge in [-0.15, -0.1) is 0 Å². The minimum absolute atomic E-state index is 0.152. The Morgan fingerprint density at radius 2 is 2.22 bits per heavy atom. The number of hydrogen-bond acceptors (Lipinski definition) is 3. The summed E-state index contributed by atoms with van der Waals surface area (Å²) < 4.78 is 7.20. The van der Waals surface area contributed by atoms with Gasteiger partial charge in [0, 0.05) is 17.4 Å². The van der Waals surface area contributed by atoms with E-state index in [-0.39, 0.29) is 6.61 Å². The molecular formula is C12H12Cl2N2O2. The molecule has 0 bridgehead atoms. The van der Waals surface area contributed by atoms with Crippen molar-refractivity contribution in [1.29, 1.82) is 0 Å². The van der Waals surface area contributed by atoms with Crippen molar-refractivity contribution in [2.24, 2.45) is 0 Å². The van der Waals surface area contributed by atoms with E-state index in [0.29, 0.717) is 22.3 Å². The molecule has 0 fully saturated rings. The van der Waals surface area contributed by atoms with Crippen LogP contribution in [0.5, 0.6) is 5.75 Å². The van der Waals surface area contributed by atoms with Crippen LogP contribution in [0.25, 0.3) is 0 Å². The molecule has 96 valence electrons. The fraction of sp³-hybridized carbons (Fsp3) is 0.250. The summed E-state index contributed by atoms with van der Waals surface area (Å²) in [5, 5.41) is 10.8. The minimum Gasteiger partial charge on any atom is -0.489 e. The molecule has 0 saturated carbocycles. The number of nitrogens with zero attached hydrogens (tertiary/aromatic N) is 2. The van der Waals surface area contributed by atoms with E-state index in [2.05, 4.69) is 4.98 Å². The lowest BCUT2D eigenvalue weighted by Gasteiger charge is -2.13. The van der Waals surface area contributed by atoms with Crippen LogP contribution in [0.3, 0.4) is 0 Å². The first-order valence-electron chi connectivity index (χ1n) is 5.37. The lowest BCUT2D eigenvalue weighted by molar-refractivity contribution is 0.0925. The van der Waals surface area contributed by atoms with Gasteiger partial charge in [0.1, 0.15) is 18.5 Å². The molecule has 1 heterocycles. The van der Waals surface area contributed by atoms with Gasteiger partial charge in [-0.25, -0.2) is 4.98 Å². The largest absolute Gasteiger partial charge is 0.489 e. The highest BCUT2D eigenvalue weighted by molar-refractivity contribution is 6.35. The van der Waals surface area contributed by atoms with Gasteiger partial charge in [0.25, 0.3) is 0 Å². The molecule has 1 aromatic heterocycles. The summed E-state index contributed by atoms with van der Waals surface area (Å²) in [6.07, 6.45) is 4.44. The average molecular weight is 287 g/mol. The predicted octanol–water partition coefficient (Wildman–Crippen LogP) is 2.63. The monoisotopic (exact) mass is 286 g/mol. The van der Waals surface area contributed by atoms with Crippen LogP contribution in [0.2, 0.25) is 10.0 Å². The lowest BCUT2D eigenvalue weighted by Crippen LogP contribution is -2.23. The summed E-state index contributed by atoms with van der Waals surface area (Å²) >= 11 is 11.7. The number of hydrogen-bond donors (Lipinski definition) is 1. The van der Waals surface area contributed by atoms with Crippen LogP contribution in [0.4, 0.5) is 0 Å². The Hall–Kier alpha value is -1.23. The number of ether oxygens (including phenoxy) is 1. The van der Waals surface area contributed by atoms with Crippen molar-refractivity contribution in [3.05, 3.63) is 47.0 Å². The topological polar surface area (TPSA) is 47.3 Å². The number of aliphatic hydroxyl groups excluding tert-OH is 1. The molecule has 0 aliphatic rings. The van der Waals surface area contributed by atoms with Gasteiger partial charge in [-0.3, -0.25) is 0 Å². The van der Waals surface area contributed by atoms with E-state index in [0.717, 1.165) is 0 Å². The third kappa shape index (κ3) is 3.63. The summed E-state index contributed by atoms with van der Waals surface area (Å²) in [4.78, 5) is 3.89. The molecule has 0 aliphatic heterocycles. The van der Waals surface area contributed by atoms with Crippen LogP contribution < -0.4 is 4.74 Å². The fourth-order valence-corrected chi connectivity index (χ4v) is 1.93. The van der Waals surface area contributed by atoms with Crippen LogP contribution in [0.1, 0.15) is 0 Å². The summed E-state index contributed by atoms with van der Waals surface area (Å²) in [7, 11) is 0. The highest BCUT2D eigenvalue weighted by Crippen LogP contribution is 2.27. The highest BCUT2D eigenvalue weighted by atomic mass is 35.5. The molecule has 4 nitrogen and oxygen atoms in total. The maximum absolute atomic E-state index is 9.79. The summed E-state index contributed by atoms with van der Waals surface area (Å²) in [6, 6.07) is 4.96. The molecule has 1 N–H and O–H groups in total. The Morgan fingerprint density at radius 3 is 2.89 bits per heavy atom. The van der Waals surface area contributed by atoms with Gasteiger partial charge >= 0.3 is 0 Å². The number of benzene rings is 1. The van der Waals surface area contributed by atoms with Crippen LogP contribution in [-0.4, -0.2) is 27.4 Å². The molecule has 0 radical (unpaired) electrons. The first-order chi connectivity index (χ1) is 8.65. The molecule has 2 aromatic rings. The van der Waals surface area contributed by atoms with E-state index in [1.54, 1.807) is 41.5 Å². The summed E-state index contributed by atoms with van der Waals surface area (Å²) in [5.41, 5.74) is 0.